The Morgan fingerprint density at radius 2 is 1.55 bits per heavy atom. The molecule has 0 saturated carbocycles. The van der Waals surface area contributed by atoms with Crippen LogP contribution < -0.4 is 0 Å². The summed E-state index contributed by atoms with van der Waals surface area (Å²) in [7, 11) is 0. The summed E-state index contributed by atoms with van der Waals surface area (Å²) in [6, 6.07) is 22.7. The van der Waals surface area contributed by atoms with E-state index in [1.165, 1.54) is 22.3 Å². The molecule has 1 amide bonds. The van der Waals surface area contributed by atoms with Crippen molar-refractivity contribution < 1.29 is 9.53 Å². The molecular weight excluding hydrogens is 453 g/mol. The summed E-state index contributed by atoms with van der Waals surface area (Å²) in [5.41, 5.74) is 7.05. The number of nitrogens with zero attached hydrogens (tertiary/aromatic N) is 1. The van der Waals surface area contributed by atoms with Gasteiger partial charge < -0.3 is 4.74 Å². The Hall–Kier alpha value is -2.75. The third-order valence-corrected chi connectivity index (χ3v) is 8.06. The predicted octanol–water partition coefficient (Wildman–Crippen LogP) is 7.56. The van der Waals surface area contributed by atoms with Crippen LogP contribution in [0, 0.1) is 0 Å². The van der Waals surface area contributed by atoms with Crippen molar-refractivity contribution in [3.05, 3.63) is 99.5 Å². The minimum atomic E-state index is -0.225. The molecule has 3 nitrogen and oxygen atoms in total. The molecule has 2 heterocycles. The van der Waals surface area contributed by atoms with Crippen LogP contribution in [0.1, 0.15) is 41.9 Å². The second kappa shape index (κ2) is 8.23. The molecule has 2 bridgehead atoms. The van der Waals surface area contributed by atoms with E-state index in [9.17, 15) is 4.79 Å². The van der Waals surface area contributed by atoms with Gasteiger partial charge in [0.2, 0.25) is 0 Å². The summed E-state index contributed by atoms with van der Waals surface area (Å²) in [5, 5.41) is 1.14. The van der Waals surface area contributed by atoms with Crippen molar-refractivity contribution in [2.24, 2.45) is 0 Å². The number of halogens is 2. The first-order valence-corrected chi connectivity index (χ1v) is 12.2. The fourth-order valence-corrected chi connectivity index (χ4v) is 6.16. The number of hydrogen-bond donors (Lipinski definition) is 0. The molecule has 1 aliphatic carbocycles. The summed E-state index contributed by atoms with van der Waals surface area (Å²) >= 11 is 12.7. The van der Waals surface area contributed by atoms with Gasteiger partial charge in [-0.15, -0.1) is 0 Å². The van der Waals surface area contributed by atoms with E-state index < -0.39 is 0 Å². The third kappa shape index (κ3) is 3.46. The number of hydrogen-bond acceptors (Lipinski definition) is 2. The molecule has 166 valence electrons. The van der Waals surface area contributed by atoms with Gasteiger partial charge in [-0.05, 0) is 58.7 Å². The van der Waals surface area contributed by atoms with E-state index in [-0.39, 0.29) is 24.1 Å². The summed E-state index contributed by atoms with van der Waals surface area (Å²) in [6.07, 6.45) is 4.61. The molecule has 3 aromatic rings. The van der Waals surface area contributed by atoms with Gasteiger partial charge in [0.15, 0.2) is 0 Å². The standard InChI is InChI=1S/C28H23Cl2NO2/c29-26-11-5-10-20(27(26)30)17-14-18-12-13-19(15-17)31(18)28(32)33-16-25-23-8-3-1-6-21(23)22-7-2-4-9-24(22)25/h1-11,14,18-19,25H,12-13,15-16H2. The van der Waals surface area contributed by atoms with Gasteiger partial charge in [-0.2, -0.15) is 0 Å². The first-order chi connectivity index (χ1) is 16.1. The zero-order valence-corrected chi connectivity index (χ0v) is 19.5. The fourth-order valence-electron chi connectivity index (χ4n) is 5.73. The van der Waals surface area contributed by atoms with Crippen LogP contribution in [0.5, 0.6) is 0 Å². The van der Waals surface area contributed by atoms with Gasteiger partial charge in [-0.3, -0.25) is 4.90 Å². The van der Waals surface area contributed by atoms with Crippen molar-refractivity contribution in [3.8, 4) is 11.1 Å². The van der Waals surface area contributed by atoms with Crippen LogP contribution in [0.3, 0.4) is 0 Å². The molecule has 5 heteroatoms. The number of ether oxygens (including phenoxy) is 1. The lowest BCUT2D eigenvalue weighted by Crippen LogP contribution is -2.43. The van der Waals surface area contributed by atoms with Crippen molar-refractivity contribution in [1.82, 2.24) is 4.90 Å². The first-order valence-electron chi connectivity index (χ1n) is 11.4. The number of rotatable bonds is 3. The molecule has 0 N–H and O–H groups in total. The largest absolute Gasteiger partial charge is 0.448 e. The zero-order chi connectivity index (χ0) is 22.5. The normalized spacial score (nSPS) is 20.9. The van der Waals surface area contributed by atoms with E-state index in [0.717, 1.165) is 30.4 Å². The van der Waals surface area contributed by atoms with E-state index in [0.29, 0.717) is 16.7 Å². The molecule has 3 aliphatic rings. The average molecular weight is 476 g/mol. The molecule has 0 radical (unpaired) electrons. The highest BCUT2D eigenvalue weighted by Crippen LogP contribution is 2.45. The highest BCUT2D eigenvalue weighted by molar-refractivity contribution is 6.43. The predicted molar refractivity (Wildman–Crippen MR) is 133 cm³/mol. The molecule has 3 aromatic carbocycles. The van der Waals surface area contributed by atoms with Gasteiger partial charge in [-0.25, -0.2) is 4.79 Å². The van der Waals surface area contributed by atoms with Crippen LogP contribution >= 0.6 is 23.2 Å². The molecule has 6 rings (SSSR count). The highest BCUT2D eigenvalue weighted by Gasteiger charge is 2.41. The van der Waals surface area contributed by atoms with Crippen molar-refractivity contribution in [1.29, 1.82) is 0 Å². The summed E-state index contributed by atoms with van der Waals surface area (Å²) in [5.74, 6) is 0.0696. The molecule has 2 atom stereocenters. The molecule has 1 saturated heterocycles. The Labute approximate surface area is 203 Å². The monoisotopic (exact) mass is 475 g/mol. The van der Waals surface area contributed by atoms with Crippen LogP contribution in [-0.2, 0) is 4.74 Å². The molecular formula is C28H23Cl2NO2. The van der Waals surface area contributed by atoms with E-state index >= 15 is 0 Å². The number of carbonyl (C=O) groups excluding carboxylic acids is 1. The number of carbonyl (C=O) groups is 1. The maximum Gasteiger partial charge on any atom is 0.410 e. The van der Waals surface area contributed by atoms with E-state index in [4.69, 9.17) is 27.9 Å². The molecule has 1 fully saturated rings. The molecule has 2 aliphatic heterocycles. The minimum absolute atomic E-state index is 0.0319. The van der Waals surface area contributed by atoms with Gasteiger partial charge in [-0.1, -0.05) is 89.9 Å². The van der Waals surface area contributed by atoms with E-state index in [1.54, 1.807) is 6.07 Å². The number of fused-ring (bicyclic) bond motifs is 5. The number of amides is 1. The maximum atomic E-state index is 13.2. The second-order valence-corrected chi connectivity index (χ2v) is 9.79. The Kier molecular flexibility index (Phi) is 5.20. The third-order valence-electron chi connectivity index (χ3n) is 7.24. The first kappa shape index (κ1) is 20.8. The van der Waals surface area contributed by atoms with Gasteiger partial charge >= 0.3 is 6.09 Å². The quantitative estimate of drug-likeness (QED) is 0.390. The van der Waals surface area contributed by atoms with Crippen molar-refractivity contribution in [2.45, 2.75) is 37.3 Å². The summed E-state index contributed by atoms with van der Waals surface area (Å²) in [6.45, 7) is 0.347. The lowest BCUT2D eigenvalue weighted by Gasteiger charge is -2.34. The molecule has 2 unspecified atom stereocenters. The Morgan fingerprint density at radius 3 is 2.24 bits per heavy atom. The van der Waals surface area contributed by atoms with Crippen LogP contribution in [0.25, 0.3) is 16.7 Å². The van der Waals surface area contributed by atoms with Gasteiger partial charge in [0.25, 0.3) is 0 Å². The Morgan fingerprint density at radius 1 is 0.879 bits per heavy atom. The molecule has 33 heavy (non-hydrogen) atoms. The van der Waals surface area contributed by atoms with Gasteiger partial charge in [0, 0.05) is 12.0 Å². The number of benzene rings is 3. The molecule has 0 aromatic heterocycles. The van der Waals surface area contributed by atoms with E-state index in [1.807, 2.05) is 17.0 Å². The highest BCUT2D eigenvalue weighted by atomic mass is 35.5. The zero-order valence-electron chi connectivity index (χ0n) is 18.0. The minimum Gasteiger partial charge on any atom is -0.448 e. The Bertz CT molecular complexity index is 1240. The summed E-state index contributed by atoms with van der Waals surface area (Å²) in [4.78, 5) is 15.2. The Balaban J connectivity index is 1.21. The van der Waals surface area contributed by atoms with E-state index in [2.05, 4.69) is 54.6 Å². The maximum absolute atomic E-state index is 13.2. The second-order valence-electron chi connectivity index (χ2n) is 9.01. The topological polar surface area (TPSA) is 29.5 Å². The van der Waals surface area contributed by atoms with Crippen molar-refractivity contribution in [3.63, 3.8) is 0 Å². The van der Waals surface area contributed by atoms with Crippen molar-refractivity contribution >= 4 is 34.9 Å². The van der Waals surface area contributed by atoms with Crippen LogP contribution in [-0.4, -0.2) is 29.7 Å². The van der Waals surface area contributed by atoms with Gasteiger partial charge in [0.05, 0.1) is 16.1 Å². The fraction of sp³-hybridized carbons (Fsp3) is 0.250. The SMILES string of the molecule is O=C(OCC1c2ccccc2-c2ccccc21)N1C2C=C(c3cccc(Cl)c3Cl)CC1CC2. The summed E-state index contributed by atoms with van der Waals surface area (Å²) < 4.78 is 5.95. The molecule has 0 spiro atoms. The lowest BCUT2D eigenvalue weighted by atomic mass is 9.95. The van der Waals surface area contributed by atoms with Crippen LogP contribution in [0.15, 0.2) is 72.8 Å². The average Bonchev–Trinajstić information content (AvgIpc) is 3.30. The van der Waals surface area contributed by atoms with Crippen LogP contribution in [0.2, 0.25) is 10.0 Å². The smallest absolute Gasteiger partial charge is 0.410 e. The van der Waals surface area contributed by atoms with Crippen molar-refractivity contribution in [2.75, 3.05) is 6.61 Å². The van der Waals surface area contributed by atoms with Gasteiger partial charge in [0.1, 0.15) is 6.61 Å². The lowest BCUT2D eigenvalue weighted by molar-refractivity contribution is 0.0866. The van der Waals surface area contributed by atoms with Crippen LogP contribution in [0.4, 0.5) is 4.79 Å².